The standard InChI is InChI=1S/C19H17N.3FH/c20-19(16-10-4-1-5-11-16,17-12-6-2-7-13-17)18-14-8-3-9-15-18;;;/h1-15H,20H2;3*1H. The van der Waals surface area contributed by atoms with Gasteiger partial charge in [-0.05, 0) is 16.7 Å². The van der Waals surface area contributed by atoms with E-state index in [-0.39, 0.29) is 14.1 Å². The molecule has 0 heterocycles. The van der Waals surface area contributed by atoms with Crippen LogP contribution in [0, 0.1) is 0 Å². The largest absolute Gasteiger partial charge is 0.314 e. The topological polar surface area (TPSA) is 26.0 Å². The fourth-order valence-electron chi connectivity index (χ4n) is 2.60. The third kappa shape index (κ3) is 3.79. The monoisotopic (exact) mass is 319 g/mol. The summed E-state index contributed by atoms with van der Waals surface area (Å²) in [5.41, 5.74) is 9.53. The zero-order valence-electron chi connectivity index (χ0n) is 12.5. The Morgan fingerprint density at radius 1 is 0.435 bits per heavy atom. The minimum Gasteiger partial charge on any atom is -0.314 e. The van der Waals surface area contributed by atoms with E-state index in [0.29, 0.717) is 0 Å². The van der Waals surface area contributed by atoms with Gasteiger partial charge < -0.3 is 5.73 Å². The van der Waals surface area contributed by atoms with Crippen LogP contribution < -0.4 is 5.73 Å². The second kappa shape index (κ2) is 8.76. The van der Waals surface area contributed by atoms with Crippen LogP contribution in [0.5, 0.6) is 0 Å². The van der Waals surface area contributed by atoms with Gasteiger partial charge in [-0.3, -0.25) is 14.1 Å². The van der Waals surface area contributed by atoms with Gasteiger partial charge in [-0.25, -0.2) is 0 Å². The van der Waals surface area contributed by atoms with Crippen molar-refractivity contribution >= 4 is 0 Å². The molecule has 0 aliphatic carbocycles. The third-order valence-corrected chi connectivity index (χ3v) is 3.69. The van der Waals surface area contributed by atoms with Crippen molar-refractivity contribution in [3.8, 4) is 0 Å². The van der Waals surface area contributed by atoms with E-state index in [2.05, 4.69) is 36.4 Å². The molecule has 23 heavy (non-hydrogen) atoms. The van der Waals surface area contributed by atoms with Crippen LogP contribution >= 0.6 is 0 Å². The van der Waals surface area contributed by atoms with Gasteiger partial charge in [-0.15, -0.1) is 0 Å². The lowest BCUT2D eigenvalue weighted by Crippen LogP contribution is -2.39. The summed E-state index contributed by atoms with van der Waals surface area (Å²) in [6.45, 7) is 0. The molecule has 4 heteroatoms. The Morgan fingerprint density at radius 3 is 0.870 bits per heavy atom. The minimum atomic E-state index is -0.621. The smallest absolute Gasteiger partial charge is 0.0922 e. The van der Waals surface area contributed by atoms with Crippen molar-refractivity contribution < 1.29 is 14.1 Å². The molecule has 0 spiro atoms. The minimum absolute atomic E-state index is 0. The Kier molecular flexibility index (Phi) is 7.77. The molecule has 122 valence electrons. The molecule has 0 aliphatic heterocycles. The van der Waals surface area contributed by atoms with Crippen LogP contribution in [0.2, 0.25) is 0 Å². The van der Waals surface area contributed by atoms with Crippen molar-refractivity contribution in [2.24, 2.45) is 5.73 Å². The molecule has 2 N–H and O–H groups in total. The van der Waals surface area contributed by atoms with Crippen LogP contribution in [0.4, 0.5) is 14.1 Å². The van der Waals surface area contributed by atoms with Crippen molar-refractivity contribution in [3.63, 3.8) is 0 Å². The highest BCUT2D eigenvalue weighted by molar-refractivity contribution is 5.48. The summed E-state index contributed by atoms with van der Waals surface area (Å²) in [7, 11) is 0. The molecule has 0 aromatic heterocycles. The maximum atomic E-state index is 6.86. The number of halogens is 3. The molecule has 3 rings (SSSR count). The van der Waals surface area contributed by atoms with E-state index in [9.17, 15) is 0 Å². The fourth-order valence-corrected chi connectivity index (χ4v) is 2.60. The molecule has 0 amide bonds. The summed E-state index contributed by atoms with van der Waals surface area (Å²) in [6, 6.07) is 30.7. The Morgan fingerprint density at radius 2 is 0.652 bits per heavy atom. The van der Waals surface area contributed by atoms with Gasteiger partial charge in [0.2, 0.25) is 0 Å². The number of hydrogen-bond acceptors (Lipinski definition) is 1. The molecule has 3 aromatic carbocycles. The Labute approximate surface area is 133 Å². The highest BCUT2D eigenvalue weighted by Crippen LogP contribution is 2.33. The summed E-state index contributed by atoms with van der Waals surface area (Å²) in [4.78, 5) is 0. The number of nitrogens with two attached hydrogens (primary N) is 1. The first kappa shape index (κ1) is 20.4. The number of rotatable bonds is 3. The van der Waals surface area contributed by atoms with E-state index >= 15 is 0 Å². The molecule has 0 unspecified atom stereocenters. The summed E-state index contributed by atoms with van der Waals surface area (Å²) < 4.78 is 0. The molecule has 0 atom stereocenters. The maximum Gasteiger partial charge on any atom is 0.0922 e. The summed E-state index contributed by atoms with van der Waals surface area (Å²) >= 11 is 0. The SMILES string of the molecule is F.F.F.NC(c1ccccc1)(c1ccccc1)c1ccccc1. The van der Waals surface area contributed by atoms with E-state index in [1.54, 1.807) is 0 Å². The molecule has 0 aliphatic rings. The second-order valence-corrected chi connectivity index (χ2v) is 4.91. The maximum absolute atomic E-state index is 6.86. The average molecular weight is 319 g/mol. The molecular weight excluding hydrogens is 299 g/mol. The number of benzene rings is 3. The Hall–Kier alpha value is -2.59. The molecule has 0 radical (unpaired) electrons. The lowest BCUT2D eigenvalue weighted by Gasteiger charge is -2.31. The Bertz CT molecular complexity index is 576. The first-order chi connectivity index (χ1) is 9.82. The zero-order valence-corrected chi connectivity index (χ0v) is 12.5. The normalized spacial score (nSPS) is 9.78. The van der Waals surface area contributed by atoms with Crippen LogP contribution in [0.3, 0.4) is 0 Å². The van der Waals surface area contributed by atoms with Crippen LogP contribution in [-0.4, -0.2) is 0 Å². The third-order valence-electron chi connectivity index (χ3n) is 3.69. The van der Waals surface area contributed by atoms with Gasteiger partial charge in [0.05, 0.1) is 5.54 Å². The van der Waals surface area contributed by atoms with Crippen LogP contribution in [0.1, 0.15) is 16.7 Å². The highest BCUT2D eigenvalue weighted by Gasteiger charge is 2.31. The molecule has 0 fully saturated rings. The zero-order chi connectivity index (χ0) is 13.8. The van der Waals surface area contributed by atoms with Crippen molar-refractivity contribution in [2.75, 3.05) is 0 Å². The first-order valence-electron chi connectivity index (χ1n) is 6.77. The predicted octanol–water partition coefficient (Wildman–Crippen LogP) is 4.39. The van der Waals surface area contributed by atoms with Gasteiger partial charge in [0, 0.05) is 0 Å². The van der Waals surface area contributed by atoms with E-state index < -0.39 is 5.54 Å². The van der Waals surface area contributed by atoms with Gasteiger partial charge in [-0.2, -0.15) is 0 Å². The van der Waals surface area contributed by atoms with Gasteiger partial charge in [0.1, 0.15) is 0 Å². The van der Waals surface area contributed by atoms with Crippen LogP contribution in [0.15, 0.2) is 91.0 Å². The van der Waals surface area contributed by atoms with E-state index in [4.69, 9.17) is 5.73 Å². The van der Waals surface area contributed by atoms with Gasteiger partial charge >= 0.3 is 0 Å². The van der Waals surface area contributed by atoms with E-state index in [1.807, 2.05) is 54.6 Å². The van der Waals surface area contributed by atoms with Gasteiger partial charge in [0.25, 0.3) is 0 Å². The molecule has 0 saturated carbocycles. The first-order valence-corrected chi connectivity index (χ1v) is 6.77. The quantitative estimate of drug-likeness (QED) is 0.712. The van der Waals surface area contributed by atoms with Gasteiger partial charge in [0.15, 0.2) is 0 Å². The van der Waals surface area contributed by atoms with Crippen molar-refractivity contribution in [1.29, 1.82) is 0 Å². The highest BCUT2D eigenvalue weighted by atomic mass is 19.0. The van der Waals surface area contributed by atoms with Crippen LogP contribution in [0.25, 0.3) is 0 Å². The number of hydrogen-bond donors (Lipinski definition) is 1. The molecule has 1 nitrogen and oxygen atoms in total. The lowest BCUT2D eigenvalue weighted by atomic mass is 9.78. The van der Waals surface area contributed by atoms with E-state index in [1.165, 1.54) is 0 Å². The Balaban J connectivity index is 0.00000161. The van der Waals surface area contributed by atoms with Gasteiger partial charge in [-0.1, -0.05) is 91.0 Å². The van der Waals surface area contributed by atoms with Crippen LogP contribution in [-0.2, 0) is 5.54 Å². The summed E-state index contributed by atoms with van der Waals surface area (Å²) in [6.07, 6.45) is 0. The second-order valence-electron chi connectivity index (χ2n) is 4.91. The molecule has 0 bridgehead atoms. The molecular formula is C19H20F3N. The fraction of sp³-hybridized carbons (Fsp3) is 0.0526. The van der Waals surface area contributed by atoms with Crippen molar-refractivity contribution in [1.82, 2.24) is 0 Å². The molecule has 3 aromatic rings. The lowest BCUT2D eigenvalue weighted by molar-refractivity contribution is 0.653. The van der Waals surface area contributed by atoms with Crippen molar-refractivity contribution in [3.05, 3.63) is 108 Å². The van der Waals surface area contributed by atoms with E-state index in [0.717, 1.165) is 16.7 Å². The summed E-state index contributed by atoms with van der Waals surface area (Å²) in [5.74, 6) is 0. The summed E-state index contributed by atoms with van der Waals surface area (Å²) in [5, 5.41) is 0. The molecule has 0 saturated heterocycles. The predicted molar refractivity (Wildman–Crippen MR) is 90.9 cm³/mol. The average Bonchev–Trinajstić information content (AvgIpc) is 2.56. The van der Waals surface area contributed by atoms with Crippen molar-refractivity contribution in [2.45, 2.75) is 5.54 Å².